The molecule has 23 heavy (non-hydrogen) atoms. The van der Waals surface area contributed by atoms with Crippen LogP contribution in [0.1, 0.15) is 5.56 Å². The molecule has 0 bridgehead atoms. The van der Waals surface area contributed by atoms with Crippen LogP contribution in [-0.4, -0.2) is 6.16 Å². The summed E-state index contributed by atoms with van der Waals surface area (Å²) in [5.74, 6) is 0. The van der Waals surface area contributed by atoms with Crippen LogP contribution in [0.25, 0.3) is 0 Å². The third kappa shape index (κ3) is 4.41. The number of allylic oxidation sites excluding steroid dienone is 1. The van der Waals surface area contributed by atoms with Crippen LogP contribution in [0.3, 0.4) is 0 Å². The minimum Gasteiger partial charge on any atom is -0.0991 e. The molecule has 0 N–H and O–H groups in total. The molecule has 1 heteroatoms. The van der Waals surface area contributed by atoms with Gasteiger partial charge in [-0.15, -0.1) is 0 Å². The average molecular weight is 316 g/mol. The summed E-state index contributed by atoms with van der Waals surface area (Å²) in [6.45, 7) is 4.36. The molecule has 0 unspecified atom stereocenters. The van der Waals surface area contributed by atoms with E-state index < -0.39 is 0 Å². The van der Waals surface area contributed by atoms with Crippen LogP contribution < -0.4 is 10.6 Å². The van der Waals surface area contributed by atoms with Crippen molar-refractivity contribution < 1.29 is 0 Å². The van der Waals surface area contributed by atoms with Crippen molar-refractivity contribution in [3.8, 4) is 0 Å². The Balaban J connectivity index is 1.81. The fraction of sp³-hybridized carbons (Fsp3) is 0.0909. The molecule has 3 rings (SSSR count). The molecule has 0 heterocycles. The normalized spacial score (nSPS) is 10.7. The Morgan fingerprint density at radius 1 is 0.652 bits per heavy atom. The van der Waals surface area contributed by atoms with E-state index in [1.807, 2.05) is 0 Å². The Kier molecular flexibility index (Phi) is 5.40. The van der Waals surface area contributed by atoms with Crippen molar-refractivity contribution in [3.63, 3.8) is 0 Å². The summed E-state index contributed by atoms with van der Waals surface area (Å²) in [5.41, 5.74) is 2.64. The molecule has 0 atom stereocenters. The van der Waals surface area contributed by atoms with E-state index in [1.165, 1.54) is 21.7 Å². The van der Waals surface area contributed by atoms with E-state index >= 15 is 0 Å². The third-order valence-electron chi connectivity index (χ3n) is 3.81. The molecular formula is C22H21P. The standard InChI is InChI=1S/C22H21P/c1-19(17-20-11-5-2-6-12-20)18-23(21-13-7-3-8-14-21)22-15-9-4-10-16-22/h2-16H,1,17-18H2. The minimum atomic E-state index is -0.386. The molecule has 0 aliphatic heterocycles. The first-order valence-corrected chi connectivity index (χ1v) is 9.44. The molecule has 0 saturated carbocycles. The molecule has 0 fully saturated rings. The highest BCUT2D eigenvalue weighted by atomic mass is 31.1. The summed E-state index contributed by atoms with van der Waals surface area (Å²) in [6.07, 6.45) is 2.00. The lowest BCUT2D eigenvalue weighted by Crippen LogP contribution is -2.15. The maximum absolute atomic E-state index is 4.36. The van der Waals surface area contributed by atoms with E-state index in [9.17, 15) is 0 Å². The second-order valence-corrected chi connectivity index (χ2v) is 7.87. The lowest BCUT2D eigenvalue weighted by Gasteiger charge is -2.20. The topological polar surface area (TPSA) is 0 Å². The predicted octanol–water partition coefficient (Wildman–Crippen LogP) is 4.92. The van der Waals surface area contributed by atoms with Crippen LogP contribution in [-0.2, 0) is 6.42 Å². The largest absolute Gasteiger partial charge is 0.0991 e. The molecular weight excluding hydrogens is 295 g/mol. The van der Waals surface area contributed by atoms with Gasteiger partial charge < -0.3 is 0 Å². The van der Waals surface area contributed by atoms with E-state index in [1.54, 1.807) is 0 Å². The summed E-state index contributed by atoms with van der Waals surface area (Å²) in [4.78, 5) is 0. The Morgan fingerprint density at radius 3 is 1.57 bits per heavy atom. The fourth-order valence-corrected chi connectivity index (χ4v) is 5.00. The molecule has 0 saturated heterocycles. The predicted molar refractivity (Wildman–Crippen MR) is 103 cm³/mol. The Bertz CT molecular complexity index is 693. The van der Waals surface area contributed by atoms with Gasteiger partial charge in [0.25, 0.3) is 0 Å². The molecule has 0 aromatic heterocycles. The van der Waals surface area contributed by atoms with Crippen LogP contribution in [0.2, 0.25) is 0 Å². The number of rotatable bonds is 6. The zero-order valence-electron chi connectivity index (χ0n) is 13.2. The lowest BCUT2D eigenvalue weighted by atomic mass is 10.1. The van der Waals surface area contributed by atoms with Gasteiger partial charge in [-0.05, 0) is 36.7 Å². The van der Waals surface area contributed by atoms with Crippen molar-refractivity contribution in [2.24, 2.45) is 0 Å². The highest BCUT2D eigenvalue weighted by Crippen LogP contribution is 2.35. The quantitative estimate of drug-likeness (QED) is 0.447. The smallest absolute Gasteiger partial charge is 0.00333 e. The van der Waals surface area contributed by atoms with E-state index in [-0.39, 0.29) is 7.92 Å². The number of hydrogen-bond donors (Lipinski definition) is 0. The first-order valence-electron chi connectivity index (χ1n) is 7.91. The maximum atomic E-state index is 4.36. The molecule has 0 radical (unpaired) electrons. The molecule has 0 aliphatic rings. The average Bonchev–Trinajstić information content (AvgIpc) is 2.62. The van der Waals surface area contributed by atoms with Gasteiger partial charge >= 0.3 is 0 Å². The first kappa shape index (κ1) is 15.7. The van der Waals surface area contributed by atoms with Crippen LogP contribution >= 0.6 is 7.92 Å². The van der Waals surface area contributed by atoms with Crippen LogP contribution in [0.15, 0.2) is 103 Å². The van der Waals surface area contributed by atoms with Gasteiger partial charge in [0.15, 0.2) is 0 Å². The molecule has 0 nitrogen and oxygen atoms in total. The van der Waals surface area contributed by atoms with E-state index in [0.29, 0.717) is 0 Å². The van der Waals surface area contributed by atoms with E-state index in [0.717, 1.165) is 12.6 Å². The van der Waals surface area contributed by atoms with Gasteiger partial charge in [0.1, 0.15) is 0 Å². The Morgan fingerprint density at radius 2 is 1.09 bits per heavy atom. The molecule has 0 aliphatic carbocycles. The highest BCUT2D eigenvalue weighted by molar-refractivity contribution is 7.73. The first-order chi connectivity index (χ1) is 11.3. The third-order valence-corrected chi connectivity index (χ3v) is 6.42. The summed E-state index contributed by atoms with van der Waals surface area (Å²) < 4.78 is 0. The molecule has 0 spiro atoms. The lowest BCUT2D eigenvalue weighted by molar-refractivity contribution is 1.16. The SMILES string of the molecule is C=C(Cc1ccccc1)CP(c1ccccc1)c1ccccc1. The van der Waals surface area contributed by atoms with Gasteiger partial charge in [-0.25, -0.2) is 0 Å². The fourth-order valence-electron chi connectivity index (χ4n) is 2.71. The van der Waals surface area contributed by atoms with E-state index in [4.69, 9.17) is 0 Å². The van der Waals surface area contributed by atoms with Gasteiger partial charge in [0.05, 0.1) is 0 Å². The monoisotopic (exact) mass is 316 g/mol. The van der Waals surface area contributed by atoms with Gasteiger partial charge in [0, 0.05) is 0 Å². The van der Waals surface area contributed by atoms with Crippen LogP contribution in [0.4, 0.5) is 0 Å². The highest BCUT2D eigenvalue weighted by Gasteiger charge is 2.14. The maximum Gasteiger partial charge on any atom is -0.00333 e. The second-order valence-electron chi connectivity index (χ2n) is 5.67. The Labute approximate surface area is 140 Å². The van der Waals surface area contributed by atoms with Crippen molar-refractivity contribution >= 4 is 18.5 Å². The van der Waals surface area contributed by atoms with Crippen LogP contribution in [0.5, 0.6) is 0 Å². The van der Waals surface area contributed by atoms with Crippen molar-refractivity contribution in [2.45, 2.75) is 6.42 Å². The van der Waals surface area contributed by atoms with E-state index in [2.05, 4.69) is 97.6 Å². The zero-order chi connectivity index (χ0) is 15.9. The number of hydrogen-bond acceptors (Lipinski definition) is 0. The summed E-state index contributed by atoms with van der Waals surface area (Å²) in [6, 6.07) is 32.3. The minimum absolute atomic E-state index is 0.386. The van der Waals surface area contributed by atoms with Gasteiger partial charge in [0.2, 0.25) is 0 Å². The summed E-state index contributed by atoms with van der Waals surface area (Å²) >= 11 is 0. The molecule has 3 aromatic rings. The van der Waals surface area contributed by atoms with Crippen LogP contribution in [0, 0.1) is 0 Å². The van der Waals surface area contributed by atoms with Gasteiger partial charge in [-0.1, -0.05) is 103 Å². The van der Waals surface area contributed by atoms with Crippen molar-refractivity contribution in [3.05, 3.63) is 109 Å². The summed E-state index contributed by atoms with van der Waals surface area (Å²) in [7, 11) is -0.386. The number of benzene rings is 3. The molecule has 114 valence electrons. The molecule has 3 aromatic carbocycles. The Hall–Kier alpha value is -2.17. The summed E-state index contributed by atoms with van der Waals surface area (Å²) in [5, 5.41) is 2.84. The van der Waals surface area contributed by atoms with Gasteiger partial charge in [-0.3, -0.25) is 0 Å². The van der Waals surface area contributed by atoms with Crippen molar-refractivity contribution in [1.29, 1.82) is 0 Å². The molecule has 0 amide bonds. The van der Waals surface area contributed by atoms with Gasteiger partial charge in [-0.2, -0.15) is 0 Å². The van der Waals surface area contributed by atoms with Crippen molar-refractivity contribution in [2.75, 3.05) is 6.16 Å². The second kappa shape index (κ2) is 7.90. The zero-order valence-corrected chi connectivity index (χ0v) is 14.1. The van der Waals surface area contributed by atoms with Crippen molar-refractivity contribution in [1.82, 2.24) is 0 Å².